The van der Waals surface area contributed by atoms with Crippen LogP contribution in [0.3, 0.4) is 0 Å². The zero-order valence-electron chi connectivity index (χ0n) is 11.6. The fourth-order valence-corrected chi connectivity index (χ4v) is 4.03. The molecule has 0 radical (unpaired) electrons. The predicted octanol–water partition coefficient (Wildman–Crippen LogP) is 2.42. The van der Waals surface area contributed by atoms with E-state index in [0.717, 1.165) is 29.4 Å². The van der Waals surface area contributed by atoms with Gasteiger partial charge >= 0.3 is 0 Å². The van der Waals surface area contributed by atoms with Gasteiger partial charge in [0.25, 0.3) is 0 Å². The summed E-state index contributed by atoms with van der Waals surface area (Å²) < 4.78 is 2.12. The van der Waals surface area contributed by atoms with Crippen LogP contribution in [0.25, 0.3) is 10.2 Å². The quantitative estimate of drug-likeness (QED) is 0.656. The van der Waals surface area contributed by atoms with Crippen LogP contribution in [-0.2, 0) is 4.79 Å². The van der Waals surface area contributed by atoms with E-state index in [0.29, 0.717) is 12.3 Å². The van der Waals surface area contributed by atoms with Crippen LogP contribution in [0.2, 0.25) is 0 Å². The number of thiazole rings is 1. The summed E-state index contributed by atoms with van der Waals surface area (Å²) in [4.78, 5) is 16.4. The Hall–Kier alpha value is -1.37. The highest BCUT2D eigenvalue weighted by molar-refractivity contribution is 8.01. The van der Waals surface area contributed by atoms with Gasteiger partial charge in [0.2, 0.25) is 5.91 Å². The van der Waals surface area contributed by atoms with Gasteiger partial charge in [-0.05, 0) is 25.1 Å². The van der Waals surface area contributed by atoms with Gasteiger partial charge < -0.3 is 10.6 Å². The summed E-state index contributed by atoms with van der Waals surface area (Å²) in [6, 6.07) is 8.05. The van der Waals surface area contributed by atoms with Crippen molar-refractivity contribution in [3.05, 3.63) is 35.9 Å². The topological polar surface area (TPSA) is 54.0 Å². The van der Waals surface area contributed by atoms with Crippen molar-refractivity contribution in [1.29, 1.82) is 0 Å². The zero-order valence-corrected chi connectivity index (χ0v) is 13.2. The van der Waals surface area contributed by atoms with Gasteiger partial charge in [-0.25, -0.2) is 4.98 Å². The number of carbonyl (C=O) groups is 1. The average molecular weight is 319 g/mol. The Kier molecular flexibility index (Phi) is 4.90. The second kappa shape index (κ2) is 7.06. The highest BCUT2D eigenvalue weighted by atomic mass is 32.2. The second-order valence-corrected chi connectivity index (χ2v) is 7.08. The van der Waals surface area contributed by atoms with Gasteiger partial charge in [-0.1, -0.05) is 35.5 Å². The van der Waals surface area contributed by atoms with Gasteiger partial charge in [-0.3, -0.25) is 4.79 Å². The predicted molar refractivity (Wildman–Crippen MR) is 88.9 cm³/mol. The molecule has 4 nitrogen and oxygen atoms in total. The van der Waals surface area contributed by atoms with Crippen LogP contribution in [0.4, 0.5) is 0 Å². The lowest BCUT2D eigenvalue weighted by Gasteiger charge is -2.14. The molecule has 2 N–H and O–H groups in total. The van der Waals surface area contributed by atoms with Gasteiger partial charge in [0.05, 0.1) is 16.0 Å². The lowest BCUT2D eigenvalue weighted by Crippen LogP contribution is -2.30. The molecule has 0 saturated carbocycles. The third-order valence-electron chi connectivity index (χ3n) is 3.27. The molecule has 0 bridgehead atoms. The van der Waals surface area contributed by atoms with Gasteiger partial charge in [0.15, 0.2) is 4.34 Å². The smallest absolute Gasteiger partial charge is 0.230 e. The summed E-state index contributed by atoms with van der Waals surface area (Å²) in [6.07, 6.45) is 3.18. The molecule has 6 heteroatoms. The molecule has 1 aromatic heterocycles. The molecule has 3 rings (SSSR count). The number of fused-ring (bicyclic) bond motifs is 1. The number of para-hydroxylation sites is 1. The number of aromatic nitrogens is 1. The molecule has 0 unspecified atom stereocenters. The molecule has 0 spiro atoms. The lowest BCUT2D eigenvalue weighted by molar-refractivity contribution is -0.118. The number of rotatable bonds is 5. The fraction of sp³-hybridized carbons (Fsp3) is 0.333. The molecule has 0 atom stereocenters. The summed E-state index contributed by atoms with van der Waals surface area (Å²) in [5.74, 6) is 0.490. The van der Waals surface area contributed by atoms with Crippen molar-refractivity contribution in [2.75, 3.05) is 25.4 Å². The Balaban J connectivity index is 1.47. The van der Waals surface area contributed by atoms with Crippen molar-refractivity contribution in [2.24, 2.45) is 0 Å². The number of hydrogen-bond donors (Lipinski definition) is 2. The van der Waals surface area contributed by atoms with Crippen molar-refractivity contribution in [1.82, 2.24) is 15.6 Å². The molecular formula is C15H17N3OS2. The molecule has 0 aliphatic carbocycles. The van der Waals surface area contributed by atoms with Crippen molar-refractivity contribution in [2.45, 2.75) is 10.8 Å². The van der Waals surface area contributed by atoms with Crippen LogP contribution in [0.5, 0.6) is 0 Å². The van der Waals surface area contributed by atoms with Crippen molar-refractivity contribution < 1.29 is 4.79 Å². The van der Waals surface area contributed by atoms with E-state index in [1.54, 1.807) is 11.3 Å². The number of thioether (sulfide) groups is 1. The van der Waals surface area contributed by atoms with Crippen molar-refractivity contribution in [3.63, 3.8) is 0 Å². The zero-order chi connectivity index (χ0) is 14.5. The van der Waals surface area contributed by atoms with Crippen LogP contribution in [-0.4, -0.2) is 36.3 Å². The van der Waals surface area contributed by atoms with Gasteiger partial charge in [-0.15, -0.1) is 11.3 Å². The van der Waals surface area contributed by atoms with E-state index in [2.05, 4.69) is 27.8 Å². The molecule has 2 aromatic rings. The Bertz CT molecular complexity index is 633. The summed E-state index contributed by atoms with van der Waals surface area (Å²) in [5, 5.41) is 6.24. The Morgan fingerprint density at radius 2 is 2.33 bits per heavy atom. The molecule has 21 heavy (non-hydrogen) atoms. The lowest BCUT2D eigenvalue weighted by atomic mass is 10.1. The van der Waals surface area contributed by atoms with E-state index in [-0.39, 0.29) is 5.91 Å². The minimum absolute atomic E-state index is 0.0682. The number of amides is 1. The van der Waals surface area contributed by atoms with E-state index >= 15 is 0 Å². The third-order valence-corrected chi connectivity index (χ3v) is 5.45. The standard InChI is InChI=1S/C15H17N3OS2/c19-14(17-9-11-5-7-16-8-6-11)10-20-15-18-12-3-1-2-4-13(12)21-15/h1-5,16H,6-10H2,(H,17,19). The molecule has 0 fully saturated rings. The summed E-state index contributed by atoms with van der Waals surface area (Å²) in [6.45, 7) is 2.58. The van der Waals surface area contributed by atoms with E-state index < -0.39 is 0 Å². The highest BCUT2D eigenvalue weighted by Crippen LogP contribution is 2.28. The molecule has 2 heterocycles. The number of carbonyl (C=O) groups excluding carboxylic acids is 1. The molecule has 1 aromatic carbocycles. The first kappa shape index (κ1) is 14.6. The number of nitrogens with zero attached hydrogens (tertiary/aromatic N) is 1. The second-order valence-electron chi connectivity index (χ2n) is 4.83. The van der Waals surface area contributed by atoms with E-state index in [9.17, 15) is 4.79 Å². The van der Waals surface area contributed by atoms with E-state index in [4.69, 9.17) is 0 Å². The maximum atomic E-state index is 11.9. The third kappa shape index (κ3) is 4.06. The number of hydrogen-bond acceptors (Lipinski definition) is 5. The Labute approximate surface area is 132 Å². The molecule has 110 valence electrons. The minimum atomic E-state index is 0.0682. The monoisotopic (exact) mass is 319 g/mol. The van der Waals surface area contributed by atoms with Crippen LogP contribution in [0.15, 0.2) is 40.3 Å². The van der Waals surface area contributed by atoms with Crippen molar-refractivity contribution >= 4 is 39.2 Å². The van der Waals surface area contributed by atoms with Crippen LogP contribution >= 0.6 is 23.1 Å². The van der Waals surface area contributed by atoms with E-state index in [1.807, 2.05) is 18.2 Å². The SMILES string of the molecule is O=C(CSc1nc2ccccc2s1)NCC1=CCNCC1. The summed E-state index contributed by atoms with van der Waals surface area (Å²) in [5.41, 5.74) is 2.32. The minimum Gasteiger partial charge on any atom is -0.352 e. The Morgan fingerprint density at radius 3 is 3.14 bits per heavy atom. The first-order valence-electron chi connectivity index (χ1n) is 6.95. The highest BCUT2D eigenvalue weighted by Gasteiger charge is 2.09. The first-order valence-corrected chi connectivity index (χ1v) is 8.75. The first-order chi connectivity index (χ1) is 10.3. The number of nitrogens with one attached hydrogen (secondary N) is 2. The number of benzene rings is 1. The largest absolute Gasteiger partial charge is 0.352 e. The van der Waals surface area contributed by atoms with Crippen LogP contribution < -0.4 is 10.6 Å². The fourth-order valence-electron chi connectivity index (χ4n) is 2.13. The van der Waals surface area contributed by atoms with Gasteiger partial charge in [-0.2, -0.15) is 0 Å². The maximum Gasteiger partial charge on any atom is 0.230 e. The van der Waals surface area contributed by atoms with Crippen LogP contribution in [0, 0.1) is 0 Å². The molecule has 1 amide bonds. The normalized spacial score (nSPS) is 15.0. The molecule has 1 aliphatic rings. The van der Waals surface area contributed by atoms with Crippen LogP contribution in [0.1, 0.15) is 6.42 Å². The molecule has 0 saturated heterocycles. The van der Waals surface area contributed by atoms with E-state index in [1.165, 1.54) is 22.0 Å². The average Bonchev–Trinajstić information content (AvgIpc) is 2.95. The Morgan fingerprint density at radius 1 is 1.43 bits per heavy atom. The van der Waals surface area contributed by atoms with Crippen molar-refractivity contribution in [3.8, 4) is 0 Å². The maximum absolute atomic E-state index is 11.9. The van der Waals surface area contributed by atoms with Gasteiger partial charge in [0, 0.05) is 13.1 Å². The van der Waals surface area contributed by atoms with Gasteiger partial charge in [0.1, 0.15) is 0 Å². The summed E-state index contributed by atoms with van der Waals surface area (Å²) in [7, 11) is 0. The summed E-state index contributed by atoms with van der Waals surface area (Å²) >= 11 is 3.14. The molecular weight excluding hydrogens is 302 g/mol. The molecule has 1 aliphatic heterocycles.